The average molecular weight is 530 g/mol. The second kappa shape index (κ2) is 9.19. The molecule has 3 heterocycles. The SMILES string of the molecule is CS(=O)(=O)N1Cc2ccccc2C[C@H]1C(=O)OCc1nc2scc(-c3ccccc3Cl)c2c(=O)[nH]1. The van der Waals surface area contributed by atoms with Gasteiger partial charge in [0, 0.05) is 34.5 Å². The number of thiophene rings is 1. The summed E-state index contributed by atoms with van der Waals surface area (Å²) in [6, 6.07) is 13.6. The highest BCUT2D eigenvalue weighted by Crippen LogP contribution is 2.35. The molecule has 2 aromatic carbocycles. The van der Waals surface area contributed by atoms with Crippen LogP contribution in [0.4, 0.5) is 0 Å². The summed E-state index contributed by atoms with van der Waals surface area (Å²) in [4.78, 5) is 33.4. The summed E-state index contributed by atoms with van der Waals surface area (Å²) in [5, 5.41) is 2.74. The molecule has 0 fully saturated rings. The van der Waals surface area contributed by atoms with Gasteiger partial charge in [-0.05, 0) is 17.2 Å². The largest absolute Gasteiger partial charge is 0.456 e. The lowest BCUT2D eigenvalue weighted by molar-refractivity contribution is -0.150. The van der Waals surface area contributed by atoms with E-state index < -0.39 is 22.0 Å². The van der Waals surface area contributed by atoms with Gasteiger partial charge in [-0.3, -0.25) is 9.59 Å². The maximum atomic E-state index is 13.0. The van der Waals surface area contributed by atoms with Gasteiger partial charge in [0.25, 0.3) is 5.56 Å². The van der Waals surface area contributed by atoms with Crippen LogP contribution in [0.2, 0.25) is 5.02 Å². The number of fused-ring (bicyclic) bond motifs is 2. The Bertz CT molecular complexity index is 1610. The van der Waals surface area contributed by atoms with Crippen molar-refractivity contribution in [2.45, 2.75) is 25.6 Å². The van der Waals surface area contributed by atoms with E-state index in [0.29, 0.717) is 20.8 Å². The Labute approximate surface area is 210 Å². The number of halogens is 1. The van der Waals surface area contributed by atoms with Crippen LogP contribution in [0.25, 0.3) is 21.3 Å². The van der Waals surface area contributed by atoms with Crippen molar-refractivity contribution in [1.29, 1.82) is 0 Å². The summed E-state index contributed by atoms with van der Waals surface area (Å²) in [6.07, 6.45) is 1.28. The molecule has 0 saturated carbocycles. The summed E-state index contributed by atoms with van der Waals surface area (Å²) < 4.78 is 31.3. The van der Waals surface area contributed by atoms with Gasteiger partial charge in [-0.25, -0.2) is 13.4 Å². The standard InChI is InChI=1S/C24H20ClN3O5S2/c1-35(31,32)28-11-15-7-3-2-6-14(15)10-19(28)24(30)33-12-20-26-22(29)21-17(13-34-23(21)27-20)16-8-4-5-9-18(16)25/h2-9,13,19H,10-12H2,1H3,(H,26,27,29)/t19-/m0/s1. The highest BCUT2D eigenvalue weighted by atomic mass is 35.5. The fraction of sp³-hybridized carbons (Fsp3) is 0.208. The smallest absolute Gasteiger partial charge is 0.325 e. The third-order valence-corrected chi connectivity index (χ3v) is 8.35. The molecule has 5 rings (SSSR count). The fourth-order valence-electron chi connectivity index (χ4n) is 4.22. The summed E-state index contributed by atoms with van der Waals surface area (Å²) in [7, 11) is -3.66. The van der Waals surface area contributed by atoms with Gasteiger partial charge in [0.1, 0.15) is 23.3 Å². The van der Waals surface area contributed by atoms with Crippen molar-refractivity contribution in [3.05, 3.63) is 86.2 Å². The van der Waals surface area contributed by atoms with Crippen LogP contribution in [0, 0.1) is 0 Å². The molecule has 0 aliphatic carbocycles. The predicted molar refractivity (Wildman–Crippen MR) is 135 cm³/mol. The van der Waals surface area contributed by atoms with Crippen molar-refractivity contribution in [2.24, 2.45) is 0 Å². The van der Waals surface area contributed by atoms with Crippen molar-refractivity contribution in [1.82, 2.24) is 14.3 Å². The van der Waals surface area contributed by atoms with Crippen molar-refractivity contribution in [2.75, 3.05) is 6.26 Å². The van der Waals surface area contributed by atoms with E-state index in [0.717, 1.165) is 27.3 Å². The van der Waals surface area contributed by atoms with Gasteiger partial charge >= 0.3 is 5.97 Å². The molecule has 11 heteroatoms. The van der Waals surface area contributed by atoms with Crippen molar-refractivity contribution in [3.63, 3.8) is 0 Å². The molecule has 2 aromatic heterocycles. The molecule has 35 heavy (non-hydrogen) atoms. The number of carbonyl (C=O) groups excluding carboxylic acids is 1. The van der Waals surface area contributed by atoms with Gasteiger partial charge < -0.3 is 9.72 Å². The Morgan fingerprint density at radius 2 is 1.89 bits per heavy atom. The van der Waals surface area contributed by atoms with E-state index in [9.17, 15) is 18.0 Å². The first-order valence-corrected chi connectivity index (χ1v) is 13.8. The number of hydrogen-bond acceptors (Lipinski definition) is 7. The van der Waals surface area contributed by atoms with Crippen LogP contribution < -0.4 is 5.56 Å². The Kier molecular flexibility index (Phi) is 6.22. The first kappa shape index (κ1) is 23.7. The van der Waals surface area contributed by atoms with Crippen LogP contribution in [0.1, 0.15) is 17.0 Å². The summed E-state index contributed by atoms with van der Waals surface area (Å²) in [6.45, 7) is -0.199. The second-order valence-corrected chi connectivity index (χ2v) is 11.4. The predicted octanol–water partition coefficient (Wildman–Crippen LogP) is 3.73. The van der Waals surface area contributed by atoms with E-state index in [1.54, 1.807) is 6.07 Å². The van der Waals surface area contributed by atoms with Crippen molar-refractivity contribution in [3.8, 4) is 11.1 Å². The summed E-state index contributed by atoms with van der Waals surface area (Å²) >= 11 is 7.59. The number of esters is 1. The van der Waals surface area contributed by atoms with Gasteiger partial charge in [0.2, 0.25) is 10.0 Å². The van der Waals surface area contributed by atoms with Gasteiger partial charge in [-0.2, -0.15) is 4.31 Å². The molecule has 0 spiro atoms. The molecule has 180 valence electrons. The number of carbonyl (C=O) groups is 1. The molecule has 1 N–H and O–H groups in total. The van der Waals surface area contributed by atoms with E-state index in [1.807, 2.05) is 47.8 Å². The molecule has 0 bridgehead atoms. The number of aromatic nitrogens is 2. The lowest BCUT2D eigenvalue weighted by atomic mass is 9.96. The normalized spacial score (nSPS) is 16.2. The van der Waals surface area contributed by atoms with Crippen LogP contribution in [0.15, 0.2) is 58.7 Å². The molecular weight excluding hydrogens is 510 g/mol. The number of nitrogens with zero attached hydrogens (tertiary/aromatic N) is 2. The van der Waals surface area contributed by atoms with Crippen LogP contribution >= 0.6 is 22.9 Å². The van der Waals surface area contributed by atoms with Gasteiger partial charge in [-0.15, -0.1) is 11.3 Å². The number of hydrogen-bond donors (Lipinski definition) is 1. The van der Waals surface area contributed by atoms with Crippen LogP contribution in [0.5, 0.6) is 0 Å². The molecule has 4 aromatic rings. The molecule has 0 saturated heterocycles. The zero-order valence-electron chi connectivity index (χ0n) is 18.5. The van der Waals surface area contributed by atoms with Gasteiger partial charge in [-0.1, -0.05) is 54.1 Å². The molecule has 0 unspecified atom stereocenters. The third-order valence-electron chi connectivity index (χ3n) is 5.91. The maximum Gasteiger partial charge on any atom is 0.325 e. The van der Waals surface area contributed by atoms with Gasteiger partial charge in [0.05, 0.1) is 11.6 Å². The minimum Gasteiger partial charge on any atom is -0.456 e. The molecule has 0 radical (unpaired) electrons. The van der Waals surface area contributed by atoms with Crippen LogP contribution in [-0.2, 0) is 39.1 Å². The maximum absolute atomic E-state index is 13.0. The van der Waals surface area contributed by atoms with Gasteiger partial charge in [0.15, 0.2) is 0 Å². The third kappa shape index (κ3) is 4.62. The lowest BCUT2D eigenvalue weighted by Crippen LogP contribution is -2.48. The number of H-pyrrole nitrogens is 1. The van der Waals surface area contributed by atoms with E-state index in [2.05, 4.69) is 9.97 Å². The Morgan fingerprint density at radius 3 is 2.63 bits per heavy atom. The molecular formula is C24H20ClN3O5S2. The molecule has 1 atom stereocenters. The highest BCUT2D eigenvalue weighted by molar-refractivity contribution is 7.88. The first-order chi connectivity index (χ1) is 16.7. The average Bonchev–Trinajstić information content (AvgIpc) is 3.26. The van der Waals surface area contributed by atoms with Crippen molar-refractivity contribution >= 4 is 49.1 Å². The van der Waals surface area contributed by atoms with Crippen LogP contribution in [0.3, 0.4) is 0 Å². The minimum absolute atomic E-state index is 0.0931. The Morgan fingerprint density at radius 1 is 1.17 bits per heavy atom. The van der Waals surface area contributed by atoms with E-state index in [4.69, 9.17) is 16.3 Å². The lowest BCUT2D eigenvalue weighted by Gasteiger charge is -2.33. The molecule has 0 amide bonds. The second-order valence-electron chi connectivity index (χ2n) is 8.23. The number of aromatic amines is 1. The fourth-order valence-corrected chi connectivity index (χ4v) is 6.42. The summed E-state index contributed by atoms with van der Waals surface area (Å²) in [5.41, 5.74) is 2.78. The molecule has 1 aliphatic heterocycles. The molecule has 8 nitrogen and oxygen atoms in total. The first-order valence-electron chi connectivity index (χ1n) is 10.7. The summed E-state index contributed by atoms with van der Waals surface area (Å²) in [5.74, 6) is -0.527. The quantitative estimate of drug-likeness (QED) is 0.394. The minimum atomic E-state index is -3.66. The Hall–Kier alpha value is -3.05. The number of ether oxygens (including phenoxy) is 1. The number of sulfonamides is 1. The molecule has 1 aliphatic rings. The van der Waals surface area contributed by atoms with E-state index in [1.165, 1.54) is 11.3 Å². The number of rotatable bonds is 5. The number of benzene rings is 2. The zero-order valence-corrected chi connectivity index (χ0v) is 20.9. The van der Waals surface area contributed by atoms with Crippen LogP contribution in [-0.4, -0.2) is 41.0 Å². The highest BCUT2D eigenvalue weighted by Gasteiger charge is 2.37. The van der Waals surface area contributed by atoms with Crippen molar-refractivity contribution < 1.29 is 17.9 Å². The monoisotopic (exact) mass is 529 g/mol. The number of nitrogens with one attached hydrogen (secondary N) is 1. The zero-order chi connectivity index (χ0) is 24.7. The van der Waals surface area contributed by atoms with E-state index in [-0.39, 0.29) is 31.0 Å². The Balaban J connectivity index is 1.39. The van der Waals surface area contributed by atoms with E-state index >= 15 is 0 Å². The topological polar surface area (TPSA) is 109 Å².